The third kappa shape index (κ3) is 3.37. The van der Waals surface area contributed by atoms with Crippen molar-refractivity contribution < 1.29 is 13.9 Å². The molecule has 1 fully saturated rings. The summed E-state index contributed by atoms with van der Waals surface area (Å²) in [6.07, 6.45) is 10.7. The van der Waals surface area contributed by atoms with Crippen LogP contribution in [0.25, 0.3) is 11.9 Å². The average Bonchev–Trinajstić information content (AvgIpc) is 3.53. The van der Waals surface area contributed by atoms with E-state index in [0.29, 0.717) is 10.7 Å². The van der Waals surface area contributed by atoms with E-state index < -0.39 is 16.1 Å². The van der Waals surface area contributed by atoms with E-state index in [4.69, 9.17) is 21.9 Å². The normalized spacial score (nSPS) is 26.9. The fourth-order valence-corrected chi connectivity index (χ4v) is 6.27. The minimum Gasteiger partial charge on any atom is -0.463 e. The third-order valence-corrected chi connectivity index (χ3v) is 7.67. The van der Waals surface area contributed by atoms with Crippen molar-refractivity contribution in [3.05, 3.63) is 53.0 Å². The fraction of sp³-hybridized carbons (Fsp3) is 0.333. The van der Waals surface area contributed by atoms with Crippen LogP contribution in [0.1, 0.15) is 28.8 Å². The van der Waals surface area contributed by atoms with Gasteiger partial charge in [-0.05, 0) is 35.3 Å². The van der Waals surface area contributed by atoms with Crippen molar-refractivity contribution in [1.29, 1.82) is 0 Å². The molecular formula is C24H22FN5O2S. The first-order valence-electron chi connectivity index (χ1n) is 10.4. The Morgan fingerprint density at radius 1 is 1.42 bits per heavy atom. The Bertz CT molecular complexity index is 1250. The van der Waals surface area contributed by atoms with Gasteiger partial charge in [0.05, 0.1) is 17.9 Å². The van der Waals surface area contributed by atoms with Crippen molar-refractivity contribution in [2.45, 2.75) is 23.1 Å². The summed E-state index contributed by atoms with van der Waals surface area (Å²) in [6.45, 7) is 0.0666. The lowest BCUT2D eigenvalue weighted by Crippen LogP contribution is -2.49. The van der Waals surface area contributed by atoms with E-state index in [2.05, 4.69) is 15.9 Å². The van der Waals surface area contributed by atoms with Gasteiger partial charge in [0.15, 0.2) is 17.6 Å². The number of aliphatic imine (C=N–C) groups is 1. The van der Waals surface area contributed by atoms with Crippen molar-refractivity contribution in [2.75, 3.05) is 20.7 Å². The second-order valence-electron chi connectivity index (χ2n) is 8.64. The lowest BCUT2D eigenvalue weighted by atomic mass is 9.66. The Morgan fingerprint density at radius 2 is 2.24 bits per heavy atom. The van der Waals surface area contributed by atoms with Gasteiger partial charge in [-0.3, -0.25) is 9.79 Å². The molecule has 168 valence electrons. The van der Waals surface area contributed by atoms with Crippen molar-refractivity contribution in [3.8, 4) is 18.2 Å². The van der Waals surface area contributed by atoms with E-state index >= 15 is 0 Å². The third-order valence-electron chi connectivity index (χ3n) is 6.38. The van der Waals surface area contributed by atoms with E-state index in [1.54, 1.807) is 19.0 Å². The zero-order chi connectivity index (χ0) is 23.4. The first-order chi connectivity index (χ1) is 15.8. The largest absolute Gasteiger partial charge is 0.463 e. The molecule has 1 aromatic carbocycles. The lowest BCUT2D eigenvalue weighted by Gasteiger charge is -2.45. The number of ether oxygens (including phenoxy) is 1. The highest BCUT2D eigenvalue weighted by Gasteiger charge is 2.73. The number of terminal acetylenes is 1. The standard InChI is InChI=1S/C24H22FN5O2S/c1-4-7-32-20-13-27-18(12-28-20)17(25)9-14-5-6-15-10-23(16(15)8-14)19-11-24(19,21(31)30(2)3)33-22(26)29-23/h1,5-6,8-9,12-13,19H,7,10-11H2,2-3H3,(H2,26,29)/b17-9-/t19?,23-,24?/m1/s1. The van der Waals surface area contributed by atoms with Gasteiger partial charge in [0.2, 0.25) is 11.8 Å². The maximum Gasteiger partial charge on any atom is 0.239 e. The monoisotopic (exact) mass is 463 g/mol. The average molecular weight is 464 g/mol. The Balaban J connectivity index is 1.43. The van der Waals surface area contributed by atoms with Gasteiger partial charge in [0.1, 0.15) is 10.4 Å². The molecule has 2 unspecified atom stereocenters. The van der Waals surface area contributed by atoms with Gasteiger partial charge in [-0.25, -0.2) is 14.4 Å². The molecule has 2 aliphatic carbocycles. The number of rotatable bonds is 5. The maximum absolute atomic E-state index is 14.9. The highest BCUT2D eigenvalue weighted by molar-refractivity contribution is 8.15. The van der Waals surface area contributed by atoms with E-state index in [9.17, 15) is 9.18 Å². The van der Waals surface area contributed by atoms with Crippen LogP contribution in [0, 0.1) is 18.3 Å². The molecule has 1 aliphatic heterocycles. The highest BCUT2D eigenvalue weighted by atomic mass is 32.2. The summed E-state index contributed by atoms with van der Waals surface area (Å²) in [6, 6.07) is 5.78. The number of thioether (sulfide) groups is 1. The number of aromatic nitrogens is 2. The zero-order valence-corrected chi connectivity index (χ0v) is 19.0. The van der Waals surface area contributed by atoms with Crippen LogP contribution in [0.15, 0.2) is 35.6 Å². The van der Waals surface area contributed by atoms with Gasteiger partial charge in [0.25, 0.3) is 0 Å². The van der Waals surface area contributed by atoms with Crippen molar-refractivity contribution >= 4 is 34.7 Å². The topological polar surface area (TPSA) is 93.7 Å². The number of amidine groups is 1. The molecule has 2 aromatic rings. The van der Waals surface area contributed by atoms with E-state index in [1.165, 1.54) is 30.2 Å². The van der Waals surface area contributed by atoms with E-state index in [0.717, 1.165) is 24.0 Å². The number of nitrogens with two attached hydrogens (primary N) is 1. The van der Waals surface area contributed by atoms with Gasteiger partial charge in [-0.15, -0.1) is 6.42 Å². The Morgan fingerprint density at radius 3 is 2.94 bits per heavy atom. The second kappa shape index (κ2) is 7.59. The van der Waals surface area contributed by atoms with Gasteiger partial charge in [-0.2, -0.15) is 0 Å². The number of hydrogen-bond acceptors (Lipinski definition) is 7. The molecule has 9 heteroatoms. The van der Waals surface area contributed by atoms with Crippen LogP contribution in [0.2, 0.25) is 0 Å². The summed E-state index contributed by atoms with van der Waals surface area (Å²) in [5.41, 5.74) is 8.59. The molecule has 7 nitrogen and oxygen atoms in total. The Labute approximate surface area is 195 Å². The van der Waals surface area contributed by atoms with Gasteiger partial charge >= 0.3 is 0 Å². The van der Waals surface area contributed by atoms with Crippen molar-refractivity contribution in [2.24, 2.45) is 16.6 Å². The van der Waals surface area contributed by atoms with Crippen molar-refractivity contribution in [1.82, 2.24) is 14.9 Å². The first-order valence-corrected chi connectivity index (χ1v) is 11.3. The summed E-state index contributed by atoms with van der Waals surface area (Å²) in [5, 5.41) is 0.430. The molecule has 2 N–H and O–H groups in total. The molecule has 0 radical (unpaired) electrons. The Kier molecular flexibility index (Phi) is 4.94. The molecule has 1 spiro atoms. The molecule has 0 saturated heterocycles. The number of carbonyl (C=O) groups is 1. The molecule has 5 rings (SSSR count). The number of nitrogens with zero attached hydrogens (tertiary/aromatic N) is 4. The van der Waals surface area contributed by atoms with Crippen molar-refractivity contribution in [3.63, 3.8) is 0 Å². The van der Waals surface area contributed by atoms with Crippen LogP contribution >= 0.6 is 11.8 Å². The number of halogens is 1. The summed E-state index contributed by atoms with van der Waals surface area (Å²) >= 11 is 1.37. The minimum absolute atomic E-state index is 0.0666. The summed E-state index contributed by atoms with van der Waals surface area (Å²) in [7, 11) is 3.53. The maximum atomic E-state index is 14.9. The van der Waals surface area contributed by atoms with Crippen LogP contribution in [-0.2, 0) is 16.8 Å². The molecule has 33 heavy (non-hydrogen) atoms. The number of hydrogen-bond donors (Lipinski definition) is 1. The Hall–Kier alpha value is -3.38. The van der Waals surface area contributed by atoms with E-state index in [1.807, 2.05) is 18.2 Å². The molecule has 0 bridgehead atoms. The quantitative estimate of drug-likeness (QED) is 0.686. The van der Waals surface area contributed by atoms with Crippen LogP contribution in [0.4, 0.5) is 4.39 Å². The zero-order valence-electron chi connectivity index (χ0n) is 18.2. The number of benzene rings is 1. The molecular weight excluding hydrogens is 441 g/mol. The lowest BCUT2D eigenvalue weighted by molar-refractivity contribution is -0.129. The predicted octanol–water partition coefficient (Wildman–Crippen LogP) is 2.62. The molecule has 1 amide bonds. The smallest absolute Gasteiger partial charge is 0.239 e. The molecule has 3 atom stereocenters. The highest BCUT2D eigenvalue weighted by Crippen LogP contribution is 2.69. The van der Waals surface area contributed by atoms with E-state index in [-0.39, 0.29) is 30.0 Å². The molecule has 3 aliphatic rings. The number of fused-ring (bicyclic) bond motifs is 4. The molecule has 2 heterocycles. The molecule has 1 aromatic heterocycles. The van der Waals surface area contributed by atoms with Gasteiger partial charge < -0.3 is 15.4 Å². The number of carbonyl (C=O) groups excluding carboxylic acids is 1. The SMILES string of the molecule is C#CCOc1cnc(/C(F)=C/c2ccc3c(c2)[C@@]2(C3)N=C(N)SC3(C(=O)N(C)C)CC32)cn1. The van der Waals surface area contributed by atoms with Crippen LogP contribution in [0.5, 0.6) is 5.88 Å². The predicted molar refractivity (Wildman–Crippen MR) is 126 cm³/mol. The minimum atomic E-state index is -0.553. The summed E-state index contributed by atoms with van der Waals surface area (Å²) in [5.74, 6) is 2.19. The van der Waals surface area contributed by atoms with Crippen LogP contribution in [-0.4, -0.2) is 51.4 Å². The van der Waals surface area contributed by atoms with Crippen LogP contribution < -0.4 is 10.5 Å². The second-order valence-corrected chi connectivity index (χ2v) is 9.99. The number of amides is 1. The van der Waals surface area contributed by atoms with Gasteiger partial charge in [-0.1, -0.05) is 29.8 Å². The van der Waals surface area contributed by atoms with Gasteiger partial charge in [0, 0.05) is 26.4 Å². The van der Waals surface area contributed by atoms with Crippen LogP contribution in [0.3, 0.4) is 0 Å². The fourth-order valence-electron chi connectivity index (χ4n) is 4.83. The summed E-state index contributed by atoms with van der Waals surface area (Å²) in [4.78, 5) is 27.4. The first kappa shape index (κ1) is 21.5. The molecule has 1 saturated carbocycles. The summed E-state index contributed by atoms with van der Waals surface area (Å²) < 4.78 is 19.5.